The molecule has 2 fully saturated rings. The van der Waals surface area contributed by atoms with Gasteiger partial charge in [0, 0.05) is 70.0 Å². The van der Waals surface area contributed by atoms with E-state index in [0.29, 0.717) is 19.5 Å². The predicted octanol–water partition coefficient (Wildman–Crippen LogP) is 0.801. The zero-order valence-corrected chi connectivity index (χ0v) is 19.2. The largest absolute Gasteiger partial charge is 0.497 e. The summed E-state index contributed by atoms with van der Waals surface area (Å²) in [4.78, 5) is 29.2. The summed E-state index contributed by atoms with van der Waals surface area (Å²) < 4.78 is 10.9. The van der Waals surface area contributed by atoms with Crippen LogP contribution < -0.4 is 19.9 Å². The van der Waals surface area contributed by atoms with E-state index < -0.39 is 0 Å². The van der Waals surface area contributed by atoms with E-state index in [1.807, 2.05) is 12.1 Å². The molecule has 4 heterocycles. The lowest BCUT2D eigenvalue weighted by Gasteiger charge is -2.49. The summed E-state index contributed by atoms with van der Waals surface area (Å²) in [6.07, 6.45) is 4.25. The summed E-state index contributed by atoms with van der Waals surface area (Å²) in [6, 6.07) is 8.06. The Balaban J connectivity index is 1.34. The minimum absolute atomic E-state index is 0.0468. The number of benzene rings is 1. The van der Waals surface area contributed by atoms with Crippen LogP contribution in [0.25, 0.3) is 0 Å². The number of anilines is 2. The number of methoxy groups -OCH3 is 1. The van der Waals surface area contributed by atoms with Crippen molar-refractivity contribution in [2.45, 2.75) is 12.5 Å². The molecule has 33 heavy (non-hydrogen) atoms. The zero-order valence-electron chi connectivity index (χ0n) is 19.2. The first-order valence-electron chi connectivity index (χ1n) is 11.8. The van der Waals surface area contributed by atoms with Gasteiger partial charge in [-0.1, -0.05) is 6.07 Å². The van der Waals surface area contributed by atoms with Crippen molar-refractivity contribution in [1.29, 1.82) is 0 Å². The van der Waals surface area contributed by atoms with Gasteiger partial charge >= 0.3 is 0 Å². The Morgan fingerprint density at radius 2 is 2.00 bits per heavy atom. The summed E-state index contributed by atoms with van der Waals surface area (Å²) in [5, 5.41) is 3.22. The molecule has 2 atom stereocenters. The van der Waals surface area contributed by atoms with E-state index in [9.17, 15) is 4.79 Å². The van der Waals surface area contributed by atoms with Crippen molar-refractivity contribution in [1.82, 2.24) is 20.2 Å². The Hall–Kier alpha value is -2.91. The van der Waals surface area contributed by atoms with Crippen LogP contribution in [0.3, 0.4) is 0 Å². The lowest BCUT2D eigenvalue weighted by molar-refractivity contribution is -0.125. The number of carbonyl (C=O) groups excluding carboxylic acids is 1. The summed E-state index contributed by atoms with van der Waals surface area (Å²) in [6.45, 7) is 7.23. The quantitative estimate of drug-likeness (QED) is 0.689. The first-order chi connectivity index (χ1) is 16.2. The van der Waals surface area contributed by atoms with Gasteiger partial charge in [-0.2, -0.15) is 0 Å². The van der Waals surface area contributed by atoms with Crippen LogP contribution in [0, 0.1) is 5.92 Å². The molecule has 9 nitrogen and oxygen atoms in total. The second-order valence-electron chi connectivity index (χ2n) is 8.81. The van der Waals surface area contributed by atoms with Crippen LogP contribution in [0.15, 0.2) is 36.7 Å². The van der Waals surface area contributed by atoms with Crippen molar-refractivity contribution >= 4 is 17.5 Å². The molecule has 0 saturated carbocycles. The minimum Gasteiger partial charge on any atom is -0.497 e. The number of nitrogens with zero attached hydrogens (tertiary/aromatic N) is 5. The summed E-state index contributed by atoms with van der Waals surface area (Å²) in [7, 11) is 1.69. The van der Waals surface area contributed by atoms with Crippen LogP contribution in [0.1, 0.15) is 5.56 Å². The Morgan fingerprint density at radius 1 is 1.18 bits per heavy atom. The molecule has 3 aliphatic heterocycles. The maximum Gasteiger partial charge on any atom is 0.225 e. The maximum atomic E-state index is 13.4. The average Bonchev–Trinajstić information content (AvgIpc) is 2.88. The number of hydrogen-bond donors (Lipinski definition) is 1. The first-order valence-corrected chi connectivity index (χ1v) is 11.8. The number of hydrogen-bond acceptors (Lipinski definition) is 8. The summed E-state index contributed by atoms with van der Waals surface area (Å²) in [5.74, 6) is 1.55. The Bertz CT molecular complexity index is 952. The van der Waals surface area contributed by atoms with Crippen LogP contribution in [-0.4, -0.2) is 93.0 Å². The highest BCUT2D eigenvalue weighted by Gasteiger charge is 2.42. The first kappa shape index (κ1) is 21.9. The van der Waals surface area contributed by atoms with Gasteiger partial charge in [-0.3, -0.25) is 9.69 Å². The monoisotopic (exact) mass is 452 g/mol. The number of carbonyl (C=O) groups is 1. The van der Waals surface area contributed by atoms with Crippen LogP contribution in [0.2, 0.25) is 0 Å². The van der Waals surface area contributed by atoms with Crippen LogP contribution in [0.4, 0.5) is 11.6 Å². The normalized spacial score (nSPS) is 22.9. The van der Waals surface area contributed by atoms with Crippen molar-refractivity contribution in [3.63, 3.8) is 0 Å². The molecular weight excluding hydrogens is 420 g/mol. The minimum atomic E-state index is -0.137. The molecule has 2 aromatic rings. The van der Waals surface area contributed by atoms with Crippen molar-refractivity contribution in [3.8, 4) is 5.75 Å². The number of nitrogens with one attached hydrogen (secondary N) is 1. The highest BCUT2D eigenvalue weighted by atomic mass is 16.5. The molecule has 2 saturated heterocycles. The second kappa shape index (κ2) is 9.93. The molecule has 0 spiro atoms. The molecule has 176 valence electrons. The van der Waals surface area contributed by atoms with E-state index in [1.165, 1.54) is 11.3 Å². The van der Waals surface area contributed by atoms with Crippen molar-refractivity contribution in [3.05, 3.63) is 42.2 Å². The average molecular weight is 453 g/mol. The predicted molar refractivity (Wildman–Crippen MR) is 126 cm³/mol. The highest BCUT2D eigenvalue weighted by molar-refractivity contribution is 5.82. The van der Waals surface area contributed by atoms with Gasteiger partial charge in [0.1, 0.15) is 5.75 Å². The Morgan fingerprint density at radius 3 is 2.79 bits per heavy atom. The molecule has 0 bridgehead atoms. The molecule has 3 aliphatic rings. The lowest BCUT2D eigenvalue weighted by atomic mass is 9.83. The topological polar surface area (TPSA) is 83.1 Å². The number of fused-ring (bicyclic) bond motifs is 3. The second-order valence-corrected chi connectivity index (χ2v) is 8.81. The van der Waals surface area contributed by atoms with E-state index in [1.54, 1.807) is 19.5 Å². The molecule has 9 heteroatoms. The fourth-order valence-electron chi connectivity index (χ4n) is 5.13. The number of aromatic nitrogens is 2. The Kier molecular flexibility index (Phi) is 6.59. The zero-order chi connectivity index (χ0) is 22.6. The smallest absolute Gasteiger partial charge is 0.225 e. The van der Waals surface area contributed by atoms with Gasteiger partial charge in [0.05, 0.1) is 32.3 Å². The third kappa shape index (κ3) is 4.74. The summed E-state index contributed by atoms with van der Waals surface area (Å²) >= 11 is 0. The molecule has 1 amide bonds. The fraction of sp³-hybridized carbons (Fsp3) is 0.542. The van der Waals surface area contributed by atoms with Gasteiger partial charge in [-0.05, 0) is 24.1 Å². The van der Waals surface area contributed by atoms with E-state index >= 15 is 0 Å². The highest BCUT2D eigenvalue weighted by Crippen LogP contribution is 2.38. The van der Waals surface area contributed by atoms with E-state index in [4.69, 9.17) is 9.47 Å². The number of amides is 1. The third-order valence-corrected chi connectivity index (χ3v) is 6.93. The molecule has 1 aromatic carbocycles. The van der Waals surface area contributed by atoms with E-state index in [0.717, 1.165) is 57.6 Å². The molecule has 1 N–H and O–H groups in total. The number of rotatable bonds is 6. The van der Waals surface area contributed by atoms with Gasteiger partial charge in [0.2, 0.25) is 11.9 Å². The van der Waals surface area contributed by atoms with E-state index in [2.05, 4.69) is 42.1 Å². The van der Waals surface area contributed by atoms with E-state index in [-0.39, 0.29) is 17.9 Å². The molecule has 1 aromatic heterocycles. The number of morpholine rings is 1. The SMILES string of the molecule is COc1ccc2c(c1)N1CCN(c3ncccn3)C[C@H]1[C@@H](C(=O)NCCN1CCOCC1)C2. The van der Waals surface area contributed by atoms with Gasteiger partial charge in [-0.25, -0.2) is 9.97 Å². The van der Waals surface area contributed by atoms with Crippen molar-refractivity contribution < 1.29 is 14.3 Å². The van der Waals surface area contributed by atoms with Gasteiger partial charge in [-0.15, -0.1) is 0 Å². The Labute approximate surface area is 194 Å². The van der Waals surface area contributed by atoms with Crippen LogP contribution in [-0.2, 0) is 16.0 Å². The van der Waals surface area contributed by atoms with Crippen LogP contribution >= 0.6 is 0 Å². The number of ether oxygens (including phenoxy) is 2. The number of piperazine rings is 1. The third-order valence-electron chi connectivity index (χ3n) is 6.93. The summed E-state index contributed by atoms with van der Waals surface area (Å²) in [5.41, 5.74) is 2.37. The van der Waals surface area contributed by atoms with Crippen LogP contribution in [0.5, 0.6) is 5.75 Å². The van der Waals surface area contributed by atoms with Gasteiger partial charge in [0.25, 0.3) is 0 Å². The molecule has 0 aliphatic carbocycles. The fourth-order valence-corrected chi connectivity index (χ4v) is 5.13. The lowest BCUT2D eigenvalue weighted by Crippen LogP contribution is -2.61. The molecular formula is C24H32N6O3. The molecule has 0 unspecified atom stereocenters. The van der Waals surface area contributed by atoms with Gasteiger partial charge in [0.15, 0.2) is 0 Å². The molecule has 5 rings (SSSR count). The maximum absolute atomic E-state index is 13.4. The van der Waals surface area contributed by atoms with Gasteiger partial charge < -0.3 is 24.6 Å². The molecule has 0 radical (unpaired) electrons. The van der Waals surface area contributed by atoms with Crippen molar-refractivity contribution in [2.24, 2.45) is 5.92 Å². The standard InChI is InChI=1S/C24H32N6O3/c1-32-19-4-3-18-15-20(23(31)25-7-8-28-11-13-33-14-12-28)22-17-29(24-26-5-2-6-27-24)9-10-30(22)21(18)16-19/h2-6,16,20,22H,7-15,17H2,1H3,(H,25,31)/t20-,22-/m0/s1. The van der Waals surface area contributed by atoms with Crippen molar-refractivity contribution in [2.75, 3.05) is 75.9 Å².